The first-order chi connectivity index (χ1) is 1.00. The summed E-state index contributed by atoms with van der Waals surface area (Å²) in [5.41, 5.74) is 0. The summed E-state index contributed by atoms with van der Waals surface area (Å²) in [6.45, 7) is 0. The third-order valence-electron chi connectivity index (χ3n) is 0. The predicted octanol–water partition coefficient (Wildman–Crippen LogP) is -3.24. The van der Waals surface area contributed by atoms with E-state index in [4.69, 9.17) is 3.80 Å². The van der Waals surface area contributed by atoms with Crippen LogP contribution in [0.5, 0.6) is 0 Å². The molecule has 6 N–H and O–H groups in total. The van der Waals surface area contributed by atoms with Crippen molar-refractivity contribution in [2.45, 2.75) is 0 Å². The van der Waals surface area contributed by atoms with Gasteiger partial charge in [-0.1, -0.05) is 0 Å². The van der Waals surface area contributed by atoms with Gasteiger partial charge in [0.25, 0.3) is 0 Å². The molecule has 0 aliphatic rings. The molecule has 0 saturated carbocycles. The van der Waals surface area contributed by atoms with Crippen molar-refractivity contribution in [3.8, 4) is 0 Å². The van der Waals surface area contributed by atoms with Gasteiger partial charge in [-0.05, 0) is 0 Å². The van der Waals surface area contributed by atoms with Crippen molar-refractivity contribution < 1.29 is 20.2 Å². The van der Waals surface area contributed by atoms with Crippen LogP contribution in [0.1, 0.15) is 0 Å². The minimum atomic E-state index is 0. The Labute approximate surface area is 37.4 Å². The van der Waals surface area contributed by atoms with Gasteiger partial charge in [-0.3, -0.25) is 0 Å². The van der Waals surface area contributed by atoms with Crippen molar-refractivity contribution in [2.24, 2.45) is 0 Å². The van der Waals surface area contributed by atoms with Gasteiger partial charge in [-0.25, -0.2) is 0 Å². The van der Waals surface area contributed by atoms with E-state index in [1.54, 1.807) is 0 Å². The first-order valence-electron chi connectivity index (χ1n) is 0.289. The molecule has 5 heteroatoms. The van der Waals surface area contributed by atoms with Gasteiger partial charge in [0, 0.05) is 0 Å². The quantitative estimate of drug-likeness (QED) is 0.291. The SMILES string of the molecule is O.O.O.[O]=[AlH]. The summed E-state index contributed by atoms with van der Waals surface area (Å²) in [6, 6.07) is 0. The fraction of sp³-hybridized carbons (Fsp3) is 0. The minimum absolute atomic E-state index is 0. The van der Waals surface area contributed by atoms with Crippen molar-refractivity contribution in [1.29, 1.82) is 0 Å². The van der Waals surface area contributed by atoms with Gasteiger partial charge >= 0.3 is 20.0 Å². The van der Waals surface area contributed by atoms with E-state index in [0.717, 1.165) is 0 Å². The van der Waals surface area contributed by atoms with Crippen LogP contribution in [0.15, 0.2) is 0 Å². The molecule has 0 radical (unpaired) electrons. The van der Waals surface area contributed by atoms with Gasteiger partial charge in [-0.15, -0.1) is 0 Å². The van der Waals surface area contributed by atoms with Crippen LogP contribution in [-0.2, 0) is 3.80 Å². The van der Waals surface area contributed by atoms with Crippen LogP contribution in [0.25, 0.3) is 0 Å². The zero-order valence-electron chi connectivity index (χ0n) is 2.62. The Balaban J connectivity index is -0.00000000167. The van der Waals surface area contributed by atoms with Crippen molar-refractivity contribution in [1.82, 2.24) is 0 Å². The summed E-state index contributed by atoms with van der Waals surface area (Å²) in [7, 11) is 0. The van der Waals surface area contributed by atoms with Crippen LogP contribution in [0.3, 0.4) is 0 Å². The molecule has 5 heavy (non-hydrogen) atoms. The molecule has 0 atom stereocenters. The van der Waals surface area contributed by atoms with Gasteiger partial charge in [0.05, 0.1) is 0 Å². The van der Waals surface area contributed by atoms with E-state index in [1.165, 1.54) is 0 Å². The fourth-order valence-electron chi connectivity index (χ4n) is 0. The molecule has 0 aromatic heterocycles. The summed E-state index contributed by atoms with van der Waals surface area (Å²) in [4.78, 5) is 0. The monoisotopic (exact) mass is 98.0 g/mol. The molecular formula is H7AlO4. The molecule has 0 fully saturated rings. The first kappa shape index (κ1) is 62.9. The van der Waals surface area contributed by atoms with Crippen molar-refractivity contribution in [3.63, 3.8) is 0 Å². The van der Waals surface area contributed by atoms with Crippen LogP contribution < -0.4 is 0 Å². The summed E-state index contributed by atoms with van der Waals surface area (Å²) in [5, 5.41) is 0. The number of rotatable bonds is 0. The average molecular weight is 98.0 g/mol. The topological polar surface area (TPSA) is 112 Å². The molecule has 0 rings (SSSR count). The fourth-order valence-corrected chi connectivity index (χ4v) is 0. The Morgan fingerprint density at radius 1 is 0.800 bits per heavy atom. The molecule has 0 aliphatic heterocycles. The van der Waals surface area contributed by atoms with Gasteiger partial charge < -0.3 is 16.4 Å². The van der Waals surface area contributed by atoms with Crippen molar-refractivity contribution >= 4 is 16.2 Å². The van der Waals surface area contributed by atoms with Crippen LogP contribution in [0, 0.1) is 0 Å². The molecule has 34 valence electrons. The van der Waals surface area contributed by atoms with E-state index < -0.39 is 0 Å². The average Bonchev–Trinajstić information content (AvgIpc) is 1.00. The Hall–Kier alpha value is 0.212. The molecule has 0 aromatic rings. The third-order valence-corrected chi connectivity index (χ3v) is 0. The van der Waals surface area contributed by atoms with Crippen molar-refractivity contribution in [3.05, 3.63) is 0 Å². The van der Waals surface area contributed by atoms with E-state index >= 15 is 0 Å². The molecule has 0 aliphatic carbocycles. The standard InChI is InChI=1S/Al.3H2O.O.H/h;3*1H2;;. The molecule has 0 unspecified atom stereocenters. The number of hydrogen-bond acceptors (Lipinski definition) is 1. The Kier molecular flexibility index (Phi) is 12100. The number of hydrogen-bond donors (Lipinski definition) is 0. The Morgan fingerprint density at radius 2 is 0.800 bits per heavy atom. The molecule has 0 bridgehead atoms. The van der Waals surface area contributed by atoms with Crippen LogP contribution >= 0.6 is 0 Å². The normalized spacial score (nSPS) is 0.600. The molecule has 0 saturated heterocycles. The summed E-state index contributed by atoms with van der Waals surface area (Å²) in [6.07, 6.45) is 0. The second kappa shape index (κ2) is 963. The zero-order valence-corrected chi connectivity index (χ0v) is 4.03. The predicted molar refractivity (Wildman–Crippen MR) is 18.7 cm³/mol. The zero-order chi connectivity index (χ0) is 2.00. The van der Waals surface area contributed by atoms with Crippen LogP contribution in [-0.4, -0.2) is 32.7 Å². The van der Waals surface area contributed by atoms with E-state index in [2.05, 4.69) is 0 Å². The first-order valence-corrected chi connectivity index (χ1v) is 0.866. The van der Waals surface area contributed by atoms with E-state index in [-0.39, 0.29) is 16.4 Å². The summed E-state index contributed by atoms with van der Waals surface area (Å²) in [5.74, 6) is 0. The molecule has 0 spiro atoms. The van der Waals surface area contributed by atoms with E-state index in [9.17, 15) is 0 Å². The second-order valence-corrected chi connectivity index (χ2v) is 0. The maximum absolute atomic E-state index is 8.28. The van der Waals surface area contributed by atoms with Gasteiger partial charge in [0.1, 0.15) is 0 Å². The molecule has 0 amide bonds. The maximum atomic E-state index is 8.28. The second-order valence-electron chi connectivity index (χ2n) is 0. The van der Waals surface area contributed by atoms with E-state index in [0.29, 0.717) is 16.2 Å². The van der Waals surface area contributed by atoms with Crippen LogP contribution in [0.2, 0.25) is 0 Å². The Morgan fingerprint density at radius 3 is 0.800 bits per heavy atom. The third kappa shape index (κ3) is 457. The molecule has 4 nitrogen and oxygen atoms in total. The summed E-state index contributed by atoms with van der Waals surface area (Å²) < 4.78 is 8.28. The van der Waals surface area contributed by atoms with Gasteiger partial charge in [0.2, 0.25) is 0 Å². The van der Waals surface area contributed by atoms with Gasteiger partial charge in [-0.2, -0.15) is 0 Å². The molecular weight excluding hydrogens is 91.0 g/mol. The summed E-state index contributed by atoms with van der Waals surface area (Å²) >= 11 is 0.611. The van der Waals surface area contributed by atoms with E-state index in [1.807, 2.05) is 0 Å². The molecule has 0 heterocycles. The van der Waals surface area contributed by atoms with Crippen LogP contribution in [0.4, 0.5) is 0 Å². The molecule has 0 aromatic carbocycles. The van der Waals surface area contributed by atoms with Gasteiger partial charge in [0.15, 0.2) is 0 Å². The Bertz CT molecular complexity index is 3.61. The van der Waals surface area contributed by atoms with Crippen molar-refractivity contribution in [2.75, 3.05) is 0 Å².